The van der Waals surface area contributed by atoms with Crippen LogP contribution in [0.1, 0.15) is 44.5 Å². The molecular formula is C24H18N2O3. The lowest BCUT2D eigenvalue weighted by atomic mass is 10.00. The first-order valence-corrected chi connectivity index (χ1v) is 8.94. The fourth-order valence-corrected chi connectivity index (χ4v) is 2.72. The summed E-state index contributed by atoms with van der Waals surface area (Å²) in [4.78, 5) is 29.2. The van der Waals surface area contributed by atoms with Crippen molar-refractivity contribution in [2.75, 3.05) is 0 Å². The van der Waals surface area contributed by atoms with E-state index in [4.69, 9.17) is 4.74 Å². The predicted octanol–water partition coefficient (Wildman–Crippen LogP) is 4.63. The summed E-state index contributed by atoms with van der Waals surface area (Å²) in [6, 6.07) is 20.6. The zero-order valence-electron chi connectivity index (χ0n) is 15.9. The van der Waals surface area contributed by atoms with Gasteiger partial charge in [-0.3, -0.25) is 4.79 Å². The molecule has 5 heteroatoms. The number of allylic oxidation sites excluding steroid dienone is 1. The summed E-state index contributed by atoms with van der Waals surface area (Å²) < 4.78 is 5.30. The Morgan fingerprint density at radius 1 is 1.00 bits per heavy atom. The van der Waals surface area contributed by atoms with E-state index in [1.54, 1.807) is 48.5 Å². The van der Waals surface area contributed by atoms with Crippen molar-refractivity contribution in [1.29, 1.82) is 5.26 Å². The normalized spacial score (nSPS) is 10.1. The van der Waals surface area contributed by atoms with Crippen molar-refractivity contribution < 1.29 is 14.3 Å². The fourth-order valence-electron chi connectivity index (χ4n) is 2.72. The Balaban J connectivity index is 1.83. The first-order chi connectivity index (χ1) is 14.0. The van der Waals surface area contributed by atoms with Gasteiger partial charge in [-0.05, 0) is 36.8 Å². The Hall–Kier alpha value is -4.04. The van der Waals surface area contributed by atoms with E-state index in [2.05, 4.69) is 11.6 Å². The maximum absolute atomic E-state index is 12.7. The van der Waals surface area contributed by atoms with E-state index in [0.717, 1.165) is 11.1 Å². The highest BCUT2D eigenvalue weighted by molar-refractivity contribution is 5.98. The summed E-state index contributed by atoms with van der Waals surface area (Å²) in [6.07, 6.45) is -0.0841. The van der Waals surface area contributed by atoms with E-state index < -0.39 is 5.97 Å². The smallest absolute Gasteiger partial charge is 0.344 e. The standard InChI is InChI=1S/C24H18N2O3/c1-16(2)18-9-6-10-19(13-18)22(27)14-21-20(15-25)11-12-23(26-21)29-24(28)17-7-4-3-5-8-17/h3-13H,1,14H2,2H3. The van der Waals surface area contributed by atoms with Crippen LogP contribution in [0.5, 0.6) is 5.88 Å². The SMILES string of the molecule is C=C(C)c1cccc(C(=O)Cc2nc(OC(=O)c3ccccc3)ccc2C#N)c1. The molecule has 0 N–H and O–H groups in total. The fraction of sp³-hybridized carbons (Fsp3) is 0.0833. The second kappa shape index (κ2) is 8.77. The lowest BCUT2D eigenvalue weighted by Crippen LogP contribution is -2.12. The van der Waals surface area contributed by atoms with Crippen molar-refractivity contribution in [2.24, 2.45) is 0 Å². The highest BCUT2D eigenvalue weighted by atomic mass is 16.5. The van der Waals surface area contributed by atoms with Crippen LogP contribution in [-0.2, 0) is 6.42 Å². The summed E-state index contributed by atoms with van der Waals surface area (Å²) in [5.41, 5.74) is 3.13. The molecule has 0 unspecified atom stereocenters. The van der Waals surface area contributed by atoms with Gasteiger partial charge in [0.25, 0.3) is 0 Å². The molecule has 1 heterocycles. The van der Waals surface area contributed by atoms with Gasteiger partial charge in [0.1, 0.15) is 6.07 Å². The first-order valence-electron chi connectivity index (χ1n) is 8.94. The summed E-state index contributed by atoms with van der Waals surface area (Å²) in [5.74, 6) is -0.714. The highest BCUT2D eigenvalue weighted by Gasteiger charge is 2.15. The molecule has 2 aromatic carbocycles. The van der Waals surface area contributed by atoms with Gasteiger partial charge < -0.3 is 4.74 Å². The molecule has 3 rings (SSSR count). The van der Waals surface area contributed by atoms with Crippen LogP contribution in [0, 0.1) is 11.3 Å². The number of hydrogen-bond acceptors (Lipinski definition) is 5. The Kier molecular flexibility index (Phi) is 5.96. The molecule has 29 heavy (non-hydrogen) atoms. The largest absolute Gasteiger partial charge is 0.404 e. The van der Waals surface area contributed by atoms with Crippen LogP contribution < -0.4 is 4.74 Å². The van der Waals surface area contributed by atoms with Crippen molar-refractivity contribution in [2.45, 2.75) is 13.3 Å². The average molecular weight is 382 g/mol. The number of ether oxygens (including phenoxy) is 1. The number of esters is 1. The molecular weight excluding hydrogens is 364 g/mol. The Morgan fingerprint density at radius 3 is 2.38 bits per heavy atom. The lowest BCUT2D eigenvalue weighted by molar-refractivity contribution is 0.0727. The van der Waals surface area contributed by atoms with Crippen LogP contribution in [-0.4, -0.2) is 16.7 Å². The van der Waals surface area contributed by atoms with Gasteiger partial charge in [0.2, 0.25) is 5.88 Å². The molecule has 0 aliphatic carbocycles. The number of Topliss-reactive ketones (excluding diaryl/α,β-unsaturated/α-hetero) is 1. The summed E-state index contributed by atoms with van der Waals surface area (Å²) in [6.45, 7) is 5.75. The minimum absolute atomic E-state index is 0.0383. The number of ketones is 1. The minimum atomic E-state index is -0.561. The first kappa shape index (κ1) is 19.7. The second-order valence-corrected chi connectivity index (χ2v) is 6.47. The molecule has 0 aliphatic rings. The highest BCUT2D eigenvalue weighted by Crippen LogP contribution is 2.18. The monoisotopic (exact) mass is 382 g/mol. The van der Waals surface area contributed by atoms with Crippen LogP contribution in [0.3, 0.4) is 0 Å². The zero-order valence-corrected chi connectivity index (χ0v) is 15.9. The van der Waals surface area contributed by atoms with E-state index in [0.29, 0.717) is 11.1 Å². The van der Waals surface area contributed by atoms with E-state index in [1.807, 2.05) is 19.1 Å². The van der Waals surface area contributed by atoms with Gasteiger partial charge in [0.05, 0.1) is 23.2 Å². The van der Waals surface area contributed by atoms with Gasteiger partial charge in [-0.2, -0.15) is 5.26 Å². The third-order valence-corrected chi connectivity index (χ3v) is 4.28. The van der Waals surface area contributed by atoms with E-state index in [9.17, 15) is 14.9 Å². The molecule has 0 atom stereocenters. The molecule has 1 aromatic heterocycles. The van der Waals surface area contributed by atoms with Crippen molar-refractivity contribution >= 4 is 17.3 Å². The van der Waals surface area contributed by atoms with Gasteiger partial charge in [-0.1, -0.05) is 48.6 Å². The Morgan fingerprint density at radius 2 is 1.69 bits per heavy atom. The quantitative estimate of drug-likeness (QED) is 0.459. The lowest BCUT2D eigenvalue weighted by Gasteiger charge is -2.08. The number of aromatic nitrogens is 1. The van der Waals surface area contributed by atoms with Gasteiger partial charge >= 0.3 is 5.97 Å². The minimum Gasteiger partial charge on any atom is -0.404 e. The number of carbonyl (C=O) groups is 2. The number of pyridine rings is 1. The topological polar surface area (TPSA) is 80.0 Å². The van der Waals surface area contributed by atoms with Crippen molar-refractivity contribution in [1.82, 2.24) is 4.98 Å². The predicted molar refractivity (Wildman–Crippen MR) is 110 cm³/mol. The number of benzene rings is 2. The molecule has 0 spiro atoms. The van der Waals surface area contributed by atoms with E-state index >= 15 is 0 Å². The second-order valence-electron chi connectivity index (χ2n) is 6.47. The third-order valence-electron chi connectivity index (χ3n) is 4.28. The summed E-state index contributed by atoms with van der Waals surface area (Å²) in [5, 5.41) is 9.35. The molecule has 0 fully saturated rings. The Bertz CT molecular complexity index is 1130. The Labute approximate surface area is 168 Å². The maximum Gasteiger partial charge on any atom is 0.344 e. The van der Waals surface area contributed by atoms with Crippen molar-refractivity contribution in [3.05, 3.63) is 101 Å². The van der Waals surface area contributed by atoms with Crippen LogP contribution in [0.15, 0.2) is 73.3 Å². The van der Waals surface area contributed by atoms with Gasteiger partial charge in [-0.25, -0.2) is 9.78 Å². The number of nitriles is 1. The molecule has 0 aliphatic heterocycles. The van der Waals surface area contributed by atoms with Crippen molar-refractivity contribution in [3.8, 4) is 11.9 Å². The number of carbonyl (C=O) groups excluding carboxylic acids is 2. The molecule has 3 aromatic rings. The average Bonchev–Trinajstić information content (AvgIpc) is 2.74. The summed E-state index contributed by atoms with van der Waals surface area (Å²) in [7, 11) is 0. The number of rotatable bonds is 6. The van der Waals surface area contributed by atoms with Gasteiger partial charge in [0.15, 0.2) is 5.78 Å². The third kappa shape index (κ3) is 4.82. The molecule has 0 amide bonds. The van der Waals surface area contributed by atoms with E-state index in [-0.39, 0.29) is 29.3 Å². The molecule has 0 saturated heterocycles. The molecule has 142 valence electrons. The van der Waals surface area contributed by atoms with Gasteiger partial charge in [0, 0.05) is 11.6 Å². The van der Waals surface area contributed by atoms with Gasteiger partial charge in [-0.15, -0.1) is 0 Å². The number of nitrogens with zero attached hydrogens (tertiary/aromatic N) is 2. The molecule has 0 saturated carbocycles. The molecule has 5 nitrogen and oxygen atoms in total. The van der Waals surface area contributed by atoms with Crippen LogP contribution >= 0.6 is 0 Å². The molecule has 0 bridgehead atoms. The number of hydrogen-bond donors (Lipinski definition) is 0. The maximum atomic E-state index is 12.7. The van der Waals surface area contributed by atoms with E-state index in [1.165, 1.54) is 12.1 Å². The van der Waals surface area contributed by atoms with Crippen LogP contribution in [0.4, 0.5) is 0 Å². The zero-order chi connectivity index (χ0) is 20.8. The summed E-state index contributed by atoms with van der Waals surface area (Å²) >= 11 is 0. The van der Waals surface area contributed by atoms with Crippen LogP contribution in [0.25, 0.3) is 5.57 Å². The van der Waals surface area contributed by atoms with Crippen molar-refractivity contribution in [3.63, 3.8) is 0 Å². The van der Waals surface area contributed by atoms with Crippen LogP contribution in [0.2, 0.25) is 0 Å². The molecule has 0 radical (unpaired) electrons.